The molecule has 2 saturated carbocycles. The van der Waals surface area contributed by atoms with E-state index in [2.05, 4.69) is 35.5 Å². The second-order valence-corrected chi connectivity index (χ2v) is 28.6. The topological polar surface area (TPSA) is 254 Å². The number of aromatic nitrogens is 5. The number of rotatable bonds is 21. The number of Topliss-reactive ketones (excluding diaryl/α,β-unsaturated/α-hetero) is 1. The summed E-state index contributed by atoms with van der Waals surface area (Å²) in [4.78, 5) is 117. The molecule has 24 heteroatoms. The van der Waals surface area contributed by atoms with E-state index in [1.165, 1.54) is 34.0 Å². The molecule has 2 atom stereocenters. The Labute approximate surface area is 547 Å². The van der Waals surface area contributed by atoms with Gasteiger partial charge in [-0.3, -0.25) is 43.7 Å². The number of carbonyl (C=O) groups is 7. The number of anilines is 2. The number of ether oxygens (including phenoxy) is 1. The molecule has 0 unspecified atom stereocenters. The predicted octanol–water partition coefficient (Wildman–Crippen LogP) is 9.58. The van der Waals surface area contributed by atoms with Gasteiger partial charge in [-0.15, -0.1) is 11.3 Å². The number of carboxylic acids is 1. The lowest BCUT2D eigenvalue weighted by atomic mass is 9.71. The summed E-state index contributed by atoms with van der Waals surface area (Å²) in [5.74, 6) is -3.06. The van der Waals surface area contributed by atoms with Crippen LogP contribution in [0.4, 0.5) is 15.3 Å². The standard InChI is InChI=1S/C69H79FN12O9S2/c1-42-59(92-41-72-42)45-17-18-46(35-71-62(86)53-34-47(83)37-81(53)63(87)60(67(3,4)5)76-65(90)69(70)25-26-69)54(33-45)91-39-57(84)79-31-29-78(30-32-79)27-12-24-68(22-9-6-10-23-68)40-82-43(2)50(36-73-82)48-19-20-56(75-58(48)64(88)89)80-28-21-44-13-11-14-49(51(44)38-80)61(85)77-66-74-52-15-7-8-16-55(52)93-66/h7-8,11,13-20,33,36,41,53,60H,6,9-10,12,21-32,34-35,37-40H2,1-5H3,(H,71,86)(H,76,90)(H,88,89)(H,74,77,85)/t53-,60+/m0/s1. The van der Waals surface area contributed by atoms with Gasteiger partial charge in [0.2, 0.25) is 11.8 Å². The van der Waals surface area contributed by atoms with Crippen molar-refractivity contribution in [2.24, 2.45) is 10.8 Å². The number of carbonyl (C=O) groups excluding carboxylic acids is 6. The number of amides is 5. The lowest BCUT2D eigenvalue weighted by Gasteiger charge is -2.39. The quantitative estimate of drug-likeness (QED) is 0.0522. The number of likely N-dealkylation sites (tertiary alicyclic amines) is 1. The normalized spacial score (nSPS) is 18.2. The zero-order chi connectivity index (χ0) is 65.3. The van der Waals surface area contributed by atoms with Crippen molar-refractivity contribution in [1.82, 2.24) is 50.1 Å². The van der Waals surface area contributed by atoms with Gasteiger partial charge < -0.3 is 35.2 Å². The van der Waals surface area contributed by atoms with Crippen LogP contribution in [0.2, 0.25) is 0 Å². The summed E-state index contributed by atoms with van der Waals surface area (Å²) >= 11 is 2.89. The Balaban J connectivity index is 0.646. The highest BCUT2D eigenvalue weighted by atomic mass is 32.1. The predicted molar refractivity (Wildman–Crippen MR) is 353 cm³/mol. The maximum Gasteiger partial charge on any atom is 0.355 e. The number of nitrogens with zero attached hydrogens (tertiary/aromatic N) is 9. The largest absolute Gasteiger partial charge is 0.483 e. The van der Waals surface area contributed by atoms with Gasteiger partial charge in [-0.05, 0) is 129 Å². The molecule has 0 bridgehead atoms. The number of pyridine rings is 1. The Morgan fingerprint density at radius 1 is 0.882 bits per heavy atom. The summed E-state index contributed by atoms with van der Waals surface area (Å²) in [5.41, 5.74) is 6.46. The van der Waals surface area contributed by atoms with Crippen LogP contribution in [0, 0.1) is 24.7 Å². The van der Waals surface area contributed by atoms with Crippen molar-refractivity contribution in [2.45, 2.75) is 143 Å². The van der Waals surface area contributed by atoms with Crippen molar-refractivity contribution >= 4 is 85.1 Å². The second-order valence-electron chi connectivity index (χ2n) is 26.7. The molecule has 7 heterocycles. The third-order valence-electron chi connectivity index (χ3n) is 19.2. The van der Waals surface area contributed by atoms with Crippen molar-refractivity contribution < 1.29 is 47.8 Å². The first-order chi connectivity index (χ1) is 44.6. The number of thiazole rings is 2. The van der Waals surface area contributed by atoms with E-state index in [1.54, 1.807) is 32.5 Å². The molecule has 0 spiro atoms. The number of ketones is 1. The highest BCUT2D eigenvalue weighted by molar-refractivity contribution is 7.22. The van der Waals surface area contributed by atoms with E-state index in [1.807, 2.05) is 96.4 Å². The second kappa shape index (κ2) is 26.9. The Bertz CT molecular complexity index is 3990. The first kappa shape index (κ1) is 64.6. The summed E-state index contributed by atoms with van der Waals surface area (Å²) in [6, 6.07) is 20.4. The molecule has 4 N–H and O–H groups in total. The molecule has 3 aliphatic heterocycles. The number of para-hydroxylation sites is 1. The molecule has 4 fully saturated rings. The monoisotopic (exact) mass is 1300 g/mol. The molecule has 5 amide bonds. The Morgan fingerprint density at radius 2 is 1.67 bits per heavy atom. The smallest absolute Gasteiger partial charge is 0.355 e. The molecule has 488 valence electrons. The number of alkyl halides is 1. The van der Waals surface area contributed by atoms with E-state index in [4.69, 9.17) is 14.8 Å². The number of benzene rings is 3. The van der Waals surface area contributed by atoms with Gasteiger partial charge in [0.25, 0.3) is 17.7 Å². The molecule has 93 heavy (non-hydrogen) atoms. The number of fused-ring (bicyclic) bond motifs is 2. The highest BCUT2D eigenvalue weighted by Crippen LogP contribution is 2.44. The van der Waals surface area contributed by atoms with Gasteiger partial charge in [-0.25, -0.2) is 24.1 Å². The highest BCUT2D eigenvalue weighted by Gasteiger charge is 2.53. The zero-order valence-corrected chi connectivity index (χ0v) is 54.9. The number of halogens is 1. The Morgan fingerprint density at radius 3 is 2.40 bits per heavy atom. The molecular formula is C69H79FN12O9S2. The molecule has 2 aliphatic carbocycles. The molecule has 2 saturated heterocycles. The van der Waals surface area contributed by atoms with E-state index in [9.17, 15) is 43.1 Å². The number of piperazine rings is 1. The van der Waals surface area contributed by atoms with Gasteiger partial charge in [0.05, 0.1) is 39.0 Å². The first-order valence-corrected chi connectivity index (χ1v) is 33.9. The summed E-state index contributed by atoms with van der Waals surface area (Å²) in [6.07, 6.45) is 9.87. The van der Waals surface area contributed by atoms with Crippen LogP contribution < -0.4 is 25.6 Å². The van der Waals surface area contributed by atoms with Gasteiger partial charge in [-0.2, -0.15) is 5.10 Å². The van der Waals surface area contributed by atoms with Gasteiger partial charge in [0.1, 0.15) is 23.7 Å². The minimum Gasteiger partial charge on any atom is -0.483 e. The lowest BCUT2D eigenvalue weighted by molar-refractivity contribution is -0.145. The molecule has 7 aromatic rings. The number of hydrogen-bond acceptors (Lipinski definition) is 16. The van der Waals surface area contributed by atoms with E-state index in [0.717, 1.165) is 93.8 Å². The average Bonchev–Trinajstić information content (AvgIpc) is 1.76. The minimum atomic E-state index is -2.02. The van der Waals surface area contributed by atoms with Crippen LogP contribution in [-0.2, 0) is 50.0 Å². The van der Waals surface area contributed by atoms with E-state index in [-0.39, 0.29) is 67.7 Å². The number of hydrogen-bond donors (Lipinski definition) is 4. The fraction of sp³-hybridized carbons (Fsp3) is 0.464. The minimum absolute atomic E-state index is 0.00755. The lowest BCUT2D eigenvalue weighted by Crippen LogP contribution is -2.58. The molecular weight excluding hydrogens is 1220 g/mol. The Hall–Kier alpha value is -8.48. The van der Waals surface area contributed by atoms with E-state index < -0.39 is 46.9 Å². The maximum atomic E-state index is 14.8. The third-order valence-corrected chi connectivity index (χ3v) is 21.2. The van der Waals surface area contributed by atoms with Crippen molar-refractivity contribution in [3.63, 3.8) is 0 Å². The summed E-state index contributed by atoms with van der Waals surface area (Å²) in [7, 11) is 0. The van der Waals surface area contributed by atoms with Crippen LogP contribution in [0.5, 0.6) is 5.75 Å². The van der Waals surface area contributed by atoms with Gasteiger partial charge in [-0.1, -0.05) is 87.8 Å². The van der Waals surface area contributed by atoms with Crippen molar-refractivity contribution in [3.8, 4) is 27.3 Å². The number of nitrogens with one attached hydrogen (secondary N) is 3. The number of carboxylic acid groups (broad SMARTS) is 1. The average molecular weight is 1300 g/mol. The molecule has 0 radical (unpaired) electrons. The third kappa shape index (κ3) is 14.2. The molecule has 12 rings (SSSR count). The van der Waals surface area contributed by atoms with Crippen molar-refractivity contribution in [2.75, 3.05) is 62.6 Å². The maximum absolute atomic E-state index is 14.8. The van der Waals surface area contributed by atoms with Crippen LogP contribution in [0.1, 0.15) is 134 Å². The summed E-state index contributed by atoms with van der Waals surface area (Å²) < 4.78 is 24.1. The van der Waals surface area contributed by atoms with Crippen LogP contribution in [0.3, 0.4) is 0 Å². The number of aromatic carboxylic acids is 1. The SMILES string of the molecule is Cc1ncsc1-c1ccc(CNC(=O)[C@@H]2CC(=O)CN2C(=O)[C@@H](NC(=O)C2(F)CC2)C(C)(C)C)c(OCC(=O)N2CCN(CCCC3(Cn4ncc(-c5ccc(N6CCc7cccc(C(=O)Nc8nc9ccccc9s8)c7C6)nc5C(=O)O)c4C)CCCCC3)CC2)c1. The fourth-order valence-corrected chi connectivity index (χ4v) is 15.3. The molecule has 21 nitrogen and oxygen atoms in total. The van der Waals surface area contributed by atoms with Crippen LogP contribution in [0.15, 0.2) is 84.5 Å². The van der Waals surface area contributed by atoms with Crippen LogP contribution >= 0.6 is 22.7 Å². The van der Waals surface area contributed by atoms with E-state index >= 15 is 0 Å². The molecule has 4 aromatic heterocycles. The Kier molecular flexibility index (Phi) is 18.7. The van der Waals surface area contributed by atoms with Gasteiger partial charge in [0.15, 0.2) is 28.9 Å². The van der Waals surface area contributed by atoms with Gasteiger partial charge in [0, 0.05) is 86.7 Å². The fourth-order valence-electron chi connectivity index (χ4n) is 13.6. The van der Waals surface area contributed by atoms with Crippen LogP contribution in [-0.4, -0.2) is 156 Å². The first-order valence-electron chi connectivity index (χ1n) is 32.2. The zero-order valence-electron chi connectivity index (χ0n) is 53.2. The number of aryl methyl sites for hydroxylation is 1. The molecule has 5 aliphatic rings. The van der Waals surface area contributed by atoms with Crippen molar-refractivity contribution in [1.29, 1.82) is 0 Å². The van der Waals surface area contributed by atoms with Crippen molar-refractivity contribution in [3.05, 3.63) is 124 Å². The van der Waals surface area contributed by atoms with Gasteiger partial charge >= 0.3 is 5.97 Å². The van der Waals surface area contributed by atoms with Crippen LogP contribution in [0.25, 0.3) is 31.8 Å². The summed E-state index contributed by atoms with van der Waals surface area (Å²) in [6.45, 7) is 13.5. The summed E-state index contributed by atoms with van der Waals surface area (Å²) in [5, 5.41) is 24.6. The molecule has 3 aromatic carbocycles. The van der Waals surface area contributed by atoms with E-state index in [0.29, 0.717) is 85.6 Å².